The Bertz CT molecular complexity index is 707. The first-order valence-electron chi connectivity index (χ1n) is 4.93. The Hall–Kier alpha value is -2.29. The van der Waals surface area contributed by atoms with Crippen LogP contribution in [0.15, 0.2) is 35.6 Å². The third kappa shape index (κ3) is 2.76. The van der Waals surface area contributed by atoms with E-state index in [4.69, 9.17) is 5.73 Å². The molecule has 9 heteroatoms. The van der Waals surface area contributed by atoms with Gasteiger partial charge >= 0.3 is 0 Å². The van der Waals surface area contributed by atoms with E-state index < -0.39 is 32.2 Å². The summed E-state index contributed by atoms with van der Waals surface area (Å²) in [6.45, 7) is 0. The molecular weight excluding hydrogens is 278 g/mol. The zero-order valence-electron chi connectivity index (χ0n) is 9.34. The van der Waals surface area contributed by atoms with E-state index in [1.807, 2.05) is 4.72 Å². The molecule has 1 heterocycles. The Balaban J connectivity index is 2.43. The summed E-state index contributed by atoms with van der Waals surface area (Å²) in [5.74, 6) is -2.37. The third-order valence-corrected chi connectivity index (χ3v) is 3.51. The molecule has 0 aliphatic rings. The van der Waals surface area contributed by atoms with E-state index in [0.717, 1.165) is 6.20 Å². The van der Waals surface area contributed by atoms with Crippen LogP contribution in [0.1, 0.15) is 0 Å². The molecule has 0 amide bonds. The summed E-state index contributed by atoms with van der Waals surface area (Å²) in [5, 5.41) is 0. The van der Waals surface area contributed by atoms with Crippen LogP contribution >= 0.6 is 0 Å². The Labute approximate surface area is 107 Å². The molecule has 2 rings (SSSR count). The van der Waals surface area contributed by atoms with Crippen LogP contribution in [0.4, 0.5) is 20.3 Å². The first kappa shape index (κ1) is 13.1. The molecule has 0 unspecified atom stereocenters. The van der Waals surface area contributed by atoms with Crippen molar-refractivity contribution >= 4 is 21.5 Å². The van der Waals surface area contributed by atoms with E-state index in [-0.39, 0.29) is 5.82 Å². The molecular formula is C10H8F2N4O2S. The van der Waals surface area contributed by atoms with Crippen LogP contribution in [0, 0.1) is 11.6 Å². The van der Waals surface area contributed by atoms with Gasteiger partial charge in [0, 0.05) is 18.5 Å². The molecule has 19 heavy (non-hydrogen) atoms. The molecule has 0 spiro atoms. The number of anilines is 2. The number of nitrogens with two attached hydrogens (primary N) is 1. The Morgan fingerprint density at radius 1 is 1.16 bits per heavy atom. The van der Waals surface area contributed by atoms with Gasteiger partial charge in [-0.1, -0.05) is 0 Å². The van der Waals surface area contributed by atoms with Gasteiger partial charge in [0.05, 0.1) is 11.9 Å². The average Bonchev–Trinajstić information content (AvgIpc) is 2.34. The molecule has 0 aliphatic carbocycles. The molecule has 0 saturated carbocycles. The minimum Gasteiger partial charge on any atom is -0.396 e. The summed E-state index contributed by atoms with van der Waals surface area (Å²) in [5.41, 5.74) is 4.75. The molecule has 0 atom stereocenters. The van der Waals surface area contributed by atoms with Crippen LogP contribution in [0.2, 0.25) is 0 Å². The monoisotopic (exact) mass is 286 g/mol. The van der Waals surface area contributed by atoms with Gasteiger partial charge < -0.3 is 5.73 Å². The summed E-state index contributed by atoms with van der Waals surface area (Å²) >= 11 is 0. The van der Waals surface area contributed by atoms with Crippen molar-refractivity contribution in [3.05, 3.63) is 42.4 Å². The van der Waals surface area contributed by atoms with Gasteiger partial charge in [0.25, 0.3) is 10.0 Å². The molecule has 1 aromatic heterocycles. The van der Waals surface area contributed by atoms with Crippen molar-refractivity contribution in [1.82, 2.24) is 9.97 Å². The predicted molar refractivity (Wildman–Crippen MR) is 63.6 cm³/mol. The molecule has 6 nitrogen and oxygen atoms in total. The summed E-state index contributed by atoms with van der Waals surface area (Å²) < 4.78 is 52.2. The molecule has 0 fully saturated rings. The summed E-state index contributed by atoms with van der Waals surface area (Å²) in [7, 11) is -4.26. The van der Waals surface area contributed by atoms with E-state index in [2.05, 4.69) is 9.97 Å². The summed E-state index contributed by atoms with van der Waals surface area (Å²) in [6, 6.07) is 1.10. The molecule has 0 saturated heterocycles. The second-order valence-electron chi connectivity index (χ2n) is 3.50. The van der Waals surface area contributed by atoms with Gasteiger partial charge in [-0.2, -0.15) is 0 Å². The molecule has 0 aliphatic heterocycles. The van der Waals surface area contributed by atoms with Crippen molar-refractivity contribution in [2.75, 3.05) is 10.5 Å². The van der Waals surface area contributed by atoms with Gasteiger partial charge in [0.1, 0.15) is 16.5 Å². The largest absolute Gasteiger partial charge is 0.396 e. The first-order chi connectivity index (χ1) is 8.90. The number of nitrogens with zero attached hydrogens (tertiary/aromatic N) is 2. The number of nitrogen functional groups attached to an aromatic ring is 1. The van der Waals surface area contributed by atoms with Crippen molar-refractivity contribution in [1.29, 1.82) is 0 Å². The second-order valence-corrected chi connectivity index (χ2v) is 5.15. The maximum atomic E-state index is 13.5. The van der Waals surface area contributed by atoms with E-state index in [9.17, 15) is 17.2 Å². The fourth-order valence-corrected chi connectivity index (χ4v) is 2.38. The SMILES string of the molecule is Nc1cc(S(=O)(=O)Nc2cnccn2)c(F)cc1F. The first-order valence-corrected chi connectivity index (χ1v) is 6.42. The normalized spacial score (nSPS) is 11.3. The molecule has 2 aromatic rings. The fourth-order valence-electron chi connectivity index (χ4n) is 1.30. The highest BCUT2D eigenvalue weighted by Crippen LogP contribution is 2.22. The van der Waals surface area contributed by atoms with Crippen LogP contribution in [0.5, 0.6) is 0 Å². The Kier molecular flexibility index (Phi) is 3.30. The maximum absolute atomic E-state index is 13.5. The predicted octanol–water partition coefficient (Wildman–Crippen LogP) is 1.14. The number of hydrogen-bond acceptors (Lipinski definition) is 5. The van der Waals surface area contributed by atoms with Crippen LogP contribution in [-0.4, -0.2) is 18.4 Å². The number of aromatic nitrogens is 2. The van der Waals surface area contributed by atoms with Gasteiger partial charge in [-0.3, -0.25) is 9.71 Å². The number of rotatable bonds is 3. The van der Waals surface area contributed by atoms with E-state index in [1.54, 1.807) is 0 Å². The molecule has 100 valence electrons. The number of nitrogens with one attached hydrogen (secondary N) is 1. The second kappa shape index (κ2) is 4.76. The number of sulfonamides is 1. The van der Waals surface area contributed by atoms with Crippen LogP contribution in [0.25, 0.3) is 0 Å². The van der Waals surface area contributed by atoms with E-state index in [1.165, 1.54) is 12.4 Å². The van der Waals surface area contributed by atoms with E-state index in [0.29, 0.717) is 12.1 Å². The smallest absolute Gasteiger partial charge is 0.266 e. The number of halogens is 2. The molecule has 1 aromatic carbocycles. The quantitative estimate of drug-likeness (QED) is 0.824. The molecule has 3 N–H and O–H groups in total. The molecule has 0 bridgehead atoms. The van der Waals surface area contributed by atoms with Gasteiger partial charge in [0.15, 0.2) is 5.82 Å². The fraction of sp³-hybridized carbons (Fsp3) is 0. The van der Waals surface area contributed by atoms with E-state index >= 15 is 0 Å². The van der Waals surface area contributed by atoms with Crippen molar-refractivity contribution in [3.63, 3.8) is 0 Å². The average molecular weight is 286 g/mol. The standard InChI is InChI=1S/C10H8F2N4O2S/c11-6-3-7(12)9(4-8(6)13)19(17,18)16-10-5-14-1-2-15-10/h1-5H,13H2,(H,15,16). The topological polar surface area (TPSA) is 98.0 Å². The van der Waals surface area contributed by atoms with Crippen LogP contribution < -0.4 is 10.5 Å². The Morgan fingerprint density at radius 2 is 1.89 bits per heavy atom. The lowest BCUT2D eigenvalue weighted by Gasteiger charge is -2.08. The zero-order chi connectivity index (χ0) is 14.0. The highest BCUT2D eigenvalue weighted by Gasteiger charge is 2.21. The lowest BCUT2D eigenvalue weighted by atomic mass is 10.3. The van der Waals surface area contributed by atoms with Gasteiger partial charge in [-0.05, 0) is 6.07 Å². The number of benzene rings is 1. The van der Waals surface area contributed by atoms with Gasteiger partial charge in [0.2, 0.25) is 0 Å². The molecule has 0 radical (unpaired) electrons. The van der Waals surface area contributed by atoms with Crippen LogP contribution in [-0.2, 0) is 10.0 Å². The number of hydrogen-bond donors (Lipinski definition) is 2. The minimum absolute atomic E-state index is 0.0928. The summed E-state index contributed by atoms with van der Waals surface area (Å²) in [4.78, 5) is 6.56. The van der Waals surface area contributed by atoms with Gasteiger partial charge in [-0.15, -0.1) is 0 Å². The zero-order valence-corrected chi connectivity index (χ0v) is 10.2. The van der Waals surface area contributed by atoms with Crippen molar-refractivity contribution in [2.24, 2.45) is 0 Å². The lowest BCUT2D eigenvalue weighted by Crippen LogP contribution is -2.16. The highest BCUT2D eigenvalue weighted by atomic mass is 32.2. The minimum atomic E-state index is -4.26. The summed E-state index contributed by atoms with van der Waals surface area (Å²) in [6.07, 6.45) is 3.74. The van der Waals surface area contributed by atoms with Crippen molar-refractivity contribution in [3.8, 4) is 0 Å². The Morgan fingerprint density at radius 3 is 2.53 bits per heavy atom. The third-order valence-electron chi connectivity index (χ3n) is 2.14. The lowest BCUT2D eigenvalue weighted by molar-refractivity contribution is 0.553. The maximum Gasteiger partial charge on any atom is 0.266 e. The van der Waals surface area contributed by atoms with Crippen LogP contribution in [0.3, 0.4) is 0 Å². The highest BCUT2D eigenvalue weighted by molar-refractivity contribution is 7.92. The van der Waals surface area contributed by atoms with Gasteiger partial charge in [-0.25, -0.2) is 22.2 Å². The van der Waals surface area contributed by atoms with Crippen molar-refractivity contribution < 1.29 is 17.2 Å². The van der Waals surface area contributed by atoms with Crippen molar-refractivity contribution in [2.45, 2.75) is 4.90 Å².